The molecule has 14 heavy (non-hydrogen) atoms. The van der Waals surface area contributed by atoms with Gasteiger partial charge < -0.3 is 10.2 Å². The van der Waals surface area contributed by atoms with Crippen molar-refractivity contribution >= 4 is 5.69 Å². The van der Waals surface area contributed by atoms with Crippen LogP contribution in [0.4, 0.5) is 5.69 Å². The third-order valence-corrected chi connectivity index (χ3v) is 2.14. The number of nitrogens with zero attached hydrogens (tertiary/aromatic N) is 2. The van der Waals surface area contributed by atoms with Crippen molar-refractivity contribution in [2.24, 2.45) is 0 Å². The highest BCUT2D eigenvalue weighted by molar-refractivity contribution is 5.43. The number of nitrogens with one attached hydrogen (secondary N) is 1. The summed E-state index contributed by atoms with van der Waals surface area (Å²) in [6, 6.07) is 4.09. The van der Waals surface area contributed by atoms with Gasteiger partial charge in [0.15, 0.2) is 0 Å². The molecular weight excluding hydrogens is 174 g/mol. The van der Waals surface area contributed by atoms with E-state index in [4.69, 9.17) is 0 Å². The molecule has 0 aromatic carbocycles. The number of likely N-dealkylation sites (N-methyl/N-ethyl adjacent to an activating group) is 1. The average Bonchev–Trinajstić information content (AvgIpc) is 2.25. The SMILES string of the molecule is CCCN(CCNC)c1cccnc1. The predicted octanol–water partition coefficient (Wildman–Crippen LogP) is 1.52. The van der Waals surface area contributed by atoms with Crippen molar-refractivity contribution in [3.63, 3.8) is 0 Å². The maximum atomic E-state index is 4.13. The Morgan fingerprint density at radius 2 is 2.29 bits per heavy atom. The summed E-state index contributed by atoms with van der Waals surface area (Å²) in [7, 11) is 1.98. The second kappa shape index (κ2) is 6.38. The van der Waals surface area contributed by atoms with Gasteiger partial charge in [-0.15, -0.1) is 0 Å². The molecule has 0 amide bonds. The molecule has 0 unspecified atom stereocenters. The van der Waals surface area contributed by atoms with Gasteiger partial charge in [0, 0.05) is 25.8 Å². The summed E-state index contributed by atoms with van der Waals surface area (Å²) in [6.45, 7) is 5.33. The van der Waals surface area contributed by atoms with Crippen molar-refractivity contribution in [2.45, 2.75) is 13.3 Å². The molecule has 0 aliphatic carbocycles. The first-order valence-electron chi connectivity index (χ1n) is 5.18. The van der Waals surface area contributed by atoms with Crippen molar-refractivity contribution in [1.82, 2.24) is 10.3 Å². The Balaban J connectivity index is 2.58. The van der Waals surface area contributed by atoms with Crippen molar-refractivity contribution in [3.8, 4) is 0 Å². The second-order valence-electron chi connectivity index (χ2n) is 3.30. The Morgan fingerprint density at radius 3 is 2.86 bits per heavy atom. The lowest BCUT2D eigenvalue weighted by Gasteiger charge is -2.23. The van der Waals surface area contributed by atoms with E-state index in [0.717, 1.165) is 19.6 Å². The highest BCUT2D eigenvalue weighted by Gasteiger charge is 2.03. The predicted molar refractivity (Wildman–Crippen MR) is 60.7 cm³/mol. The molecule has 1 N–H and O–H groups in total. The molecule has 0 saturated heterocycles. The molecule has 0 aliphatic rings. The molecule has 1 heterocycles. The zero-order valence-corrected chi connectivity index (χ0v) is 9.03. The zero-order valence-electron chi connectivity index (χ0n) is 9.03. The number of anilines is 1. The fourth-order valence-corrected chi connectivity index (χ4v) is 1.43. The fraction of sp³-hybridized carbons (Fsp3) is 0.545. The Bertz CT molecular complexity index is 236. The molecule has 0 bridgehead atoms. The molecule has 3 nitrogen and oxygen atoms in total. The highest BCUT2D eigenvalue weighted by Crippen LogP contribution is 2.10. The monoisotopic (exact) mass is 193 g/mol. The van der Waals surface area contributed by atoms with E-state index in [2.05, 4.69) is 28.2 Å². The third kappa shape index (κ3) is 3.34. The summed E-state index contributed by atoms with van der Waals surface area (Å²) in [5.74, 6) is 0. The van der Waals surface area contributed by atoms with Gasteiger partial charge in [0.2, 0.25) is 0 Å². The highest BCUT2D eigenvalue weighted by atomic mass is 15.1. The van der Waals surface area contributed by atoms with E-state index < -0.39 is 0 Å². The minimum absolute atomic E-state index is 1.01. The van der Waals surface area contributed by atoms with E-state index in [-0.39, 0.29) is 0 Å². The molecule has 0 saturated carbocycles. The molecule has 3 heteroatoms. The molecule has 0 atom stereocenters. The van der Waals surface area contributed by atoms with Crippen molar-refractivity contribution in [3.05, 3.63) is 24.5 Å². The number of pyridine rings is 1. The van der Waals surface area contributed by atoms with Crippen LogP contribution < -0.4 is 10.2 Å². The van der Waals surface area contributed by atoms with E-state index in [1.807, 2.05) is 25.5 Å². The maximum Gasteiger partial charge on any atom is 0.0553 e. The number of rotatable bonds is 6. The second-order valence-corrected chi connectivity index (χ2v) is 3.30. The zero-order chi connectivity index (χ0) is 10.2. The first-order chi connectivity index (χ1) is 6.88. The molecule has 1 aromatic rings. The molecular formula is C11H19N3. The smallest absolute Gasteiger partial charge is 0.0553 e. The Kier molecular flexibility index (Phi) is 5.00. The first kappa shape index (κ1) is 11.0. The average molecular weight is 193 g/mol. The largest absolute Gasteiger partial charge is 0.369 e. The van der Waals surface area contributed by atoms with Crippen LogP contribution >= 0.6 is 0 Å². The normalized spacial score (nSPS) is 10.1. The van der Waals surface area contributed by atoms with Crippen LogP contribution in [0.3, 0.4) is 0 Å². The van der Waals surface area contributed by atoms with Crippen LogP contribution in [0.15, 0.2) is 24.5 Å². The van der Waals surface area contributed by atoms with Gasteiger partial charge in [0.1, 0.15) is 0 Å². The molecule has 0 fully saturated rings. The number of hydrogen-bond donors (Lipinski definition) is 1. The quantitative estimate of drug-likeness (QED) is 0.742. The lowest BCUT2D eigenvalue weighted by Crippen LogP contribution is -2.31. The molecule has 1 aromatic heterocycles. The van der Waals surface area contributed by atoms with Crippen molar-refractivity contribution in [2.75, 3.05) is 31.6 Å². The fourth-order valence-electron chi connectivity index (χ4n) is 1.43. The van der Waals surface area contributed by atoms with Crippen LogP contribution in [0.25, 0.3) is 0 Å². The topological polar surface area (TPSA) is 28.2 Å². The van der Waals surface area contributed by atoms with Crippen LogP contribution in [0.1, 0.15) is 13.3 Å². The summed E-state index contributed by atoms with van der Waals surface area (Å²) < 4.78 is 0. The summed E-state index contributed by atoms with van der Waals surface area (Å²) in [6.07, 6.45) is 4.90. The number of hydrogen-bond acceptors (Lipinski definition) is 3. The lowest BCUT2D eigenvalue weighted by atomic mass is 10.3. The Hall–Kier alpha value is -1.09. The molecule has 0 radical (unpaired) electrons. The summed E-state index contributed by atoms with van der Waals surface area (Å²) in [5.41, 5.74) is 1.21. The van der Waals surface area contributed by atoms with E-state index in [1.165, 1.54) is 12.1 Å². The molecule has 0 aliphatic heterocycles. The van der Waals surface area contributed by atoms with Gasteiger partial charge >= 0.3 is 0 Å². The first-order valence-corrected chi connectivity index (χ1v) is 5.18. The van der Waals surface area contributed by atoms with E-state index in [1.54, 1.807) is 0 Å². The summed E-state index contributed by atoms with van der Waals surface area (Å²) >= 11 is 0. The van der Waals surface area contributed by atoms with Crippen LogP contribution in [0.5, 0.6) is 0 Å². The maximum absolute atomic E-state index is 4.13. The summed E-state index contributed by atoms with van der Waals surface area (Å²) in [5, 5.41) is 3.16. The van der Waals surface area contributed by atoms with E-state index in [9.17, 15) is 0 Å². The number of aromatic nitrogens is 1. The van der Waals surface area contributed by atoms with Crippen LogP contribution in [0, 0.1) is 0 Å². The van der Waals surface area contributed by atoms with Gasteiger partial charge in [-0.1, -0.05) is 6.92 Å². The van der Waals surface area contributed by atoms with Gasteiger partial charge in [0.05, 0.1) is 11.9 Å². The van der Waals surface area contributed by atoms with Gasteiger partial charge in [-0.2, -0.15) is 0 Å². The van der Waals surface area contributed by atoms with Crippen molar-refractivity contribution in [1.29, 1.82) is 0 Å². The Morgan fingerprint density at radius 1 is 1.43 bits per heavy atom. The van der Waals surface area contributed by atoms with Gasteiger partial charge in [-0.25, -0.2) is 0 Å². The minimum Gasteiger partial charge on any atom is -0.369 e. The molecule has 0 spiro atoms. The third-order valence-electron chi connectivity index (χ3n) is 2.14. The summed E-state index contributed by atoms with van der Waals surface area (Å²) in [4.78, 5) is 6.48. The van der Waals surface area contributed by atoms with E-state index in [0.29, 0.717) is 0 Å². The molecule has 1 rings (SSSR count). The van der Waals surface area contributed by atoms with Crippen molar-refractivity contribution < 1.29 is 0 Å². The van der Waals surface area contributed by atoms with Gasteiger partial charge in [-0.05, 0) is 25.6 Å². The molecule has 78 valence electrons. The standard InChI is InChI=1S/C11H19N3/c1-3-8-14(9-7-12-2)11-5-4-6-13-10-11/h4-6,10,12H,3,7-9H2,1-2H3. The van der Waals surface area contributed by atoms with Crippen LogP contribution in [0.2, 0.25) is 0 Å². The van der Waals surface area contributed by atoms with Gasteiger partial charge in [0.25, 0.3) is 0 Å². The minimum atomic E-state index is 1.01. The lowest BCUT2D eigenvalue weighted by molar-refractivity contribution is 0.709. The van der Waals surface area contributed by atoms with Gasteiger partial charge in [-0.3, -0.25) is 4.98 Å². The van der Waals surface area contributed by atoms with E-state index >= 15 is 0 Å². The van der Waals surface area contributed by atoms with Crippen LogP contribution in [-0.2, 0) is 0 Å². The van der Waals surface area contributed by atoms with Crippen LogP contribution in [-0.4, -0.2) is 31.7 Å². The Labute approximate surface area is 86.2 Å².